The SMILES string of the molecule is C[P@](N)N1CCCCC1. The van der Waals surface area contributed by atoms with Gasteiger partial charge in [-0.1, -0.05) is 6.42 Å². The van der Waals surface area contributed by atoms with Gasteiger partial charge in [-0.15, -0.1) is 0 Å². The predicted molar refractivity (Wildman–Crippen MR) is 42.5 cm³/mol. The van der Waals surface area contributed by atoms with Crippen molar-refractivity contribution in [3.63, 3.8) is 0 Å². The Morgan fingerprint density at radius 2 is 1.78 bits per heavy atom. The van der Waals surface area contributed by atoms with Crippen molar-refractivity contribution in [2.45, 2.75) is 19.3 Å². The van der Waals surface area contributed by atoms with Gasteiger partial charge in [0.2, 0.25) is 0 Å². The van der Waals surface area contributed by atoms with E-state index in [9.17, 15) is 0 Å². The minimum atomic E-state index is -0.285. The molecule has 54 valence electrons. The zero-order chi connectivity index (χ0) is 6.69. The van der Waals surface area contributed by atoms with E-state index in [0.29, 0.717) is 0 Å². The van der Waals surface area contributed by atoms with Gasteiger partial charge >= 0.3 is 0 Å². The van der Waals surface area contributed by atoms with Gasteiger partial charge in [0, 0.05) is 21.3 Å². The first-order chi connectivity index (χ1) is 4.30. The number of hydrogen-bond acceptors (Lipinski definition) is 2. The van der Waals surface area contributed by atoms with Crippen LogP contribution >= 0.6 is 8.22 Å². The molecule has 0 aromatic heterocycles. The van der Waals surface area contributed by atoms with E-state index in [1.54, 1.807) is 0 Å². The molecule has 2 nitrogen and oxygen atoms in total. The third-order valence-corrected chi connectivity index (χ3v) is 3.07. The first kappa shape index (κ1) is 7.46. The third-order valence-electron chi connectivity index (χ3n) is 1.78. The van der Waals surface area contributed by atoms with Crippen LogP contribution in [0, 0.1) is 0 Å². The molecule has 2 N–H and O–H groups in total. The first-order valence-corrected chi connectivity index (χ1v) is 5.35. The molecule has 0 unspecified atom stereocenters. The number of piperidine rings is 1. The highest BCUT2D eigenvalue weighted by Crippen LogP contribution is 2.29. The van der Waals surface area contributed by atoms with Gasteiger partial charge in [0.05, 0.1) is 0 Å². The molecule has 1 heterocycles. The lowest BCUT2D eigenvalue weighted by atomic mass is 10.2. The molecule has 1 fully saturated rings. The molecular formula is C6H15N2P. The Bertz CT molecular complexity index is 79.1. The number of rotatable bonds is 1. The molecule has 1 saturated heterocycles. The lowest BCUT2D eigenvalue weighted by molar-refractivity contribution is 0.370. The van der Waals surface area contributed by atoms with E-state index >= 15 is 0 Å². The highest BCUT2D eigenvalue weighted by molar-refractivity contribution is 7.51. The Labute approximate surface area is 58.3 Å². The number of nitrogens with zero attached hydrogens (tertiary/aromatic N) is 1. The monoisotopic (exact) mass is 146 g/mol. The molecule has 0 radical (unpaired) electrons. The second-order valence-corrected chi connectivity index (χ2v) is 4.30. The van der Waals surface area contributed by atoms with Gasteiger partial charge in [-0.25, -0.2) is 0 Å². The fourth-order valence-electron chi connectivity index (χ4n) is 1.19. The summed E-state index contributed by atoms with van der Waals surface area (Å²) >= 11 is 0. The van der Waals surface area contributed by atoms with Crippen LogP contribution in [0.25, 0.3) is 0 Å². The maximum absolute atomic E-state index is 5.76. The van der Waals surface area contributed by atoms with Crippen LogP contribution in [-0.2, 0) is 0 Å². The van der Waals surface area contributed by atoms with Crippen molar-refractivity contribution in [2.75, 3.05) is 19.8 Å². The maximum atomic E-state index is 5.76. The fourth-order valence-corrected chi connectivity index (χ4v) is 2.11. The van der Waals surface area contributed by atoms with Crippen molar-refractivity contribution < 1.29 is 0 Å². The van der Waals surface area contributed by atoms with Crippen LogP contribution < -0.4 is 5.50 Å². The summed E-state index contributed by atoms with van der Waals surface area (Å²) in [5.74, 6) is 0. The van der Waals surface area contributed by atoms with E-state index in [-0.39, 0.29) is 8.22 Å². The average molecular weight is 146 g/mol. The van der Waals surface area contributed by atoms with E-state index in [1.165, 1.54) is 32.4 Å². The maximum Gasteiger partial charge on any atom is 0.0305 e. The summed E-state index contributed by atoms with van der Waals surface area (Å²) in [4.78, 5) is 0. The molecule has 0 aliphatic carbocycles. The summed E-state index contributed by atoms with van der Waals surface area (Å²) < 4.78 is 2.40. The third kappa shape index (κ3) is 2.21. The summed E-state index contributed by atoms with van der Waals surface area (Å²) in [5.41, 5.74) is 5.76. The largest absolute Gasteiger partial charge is 0.298 e. The highest BCUT2D eigenvalue weighted by Gasteiger charge is 2.12. The van der Waals surface area contributed by atoms with Gasteiger partial charge in [-0.3, -0.25) is 10.2 Å². The van der Waals surface area contributed by atoms with Gasteiger partial charge in [0.1, 0.15) is 0 Å². The van der Waals surface area contributed by atoms with E-state index in [0.717, 1.165) is 0 Å². The zero-order valence-electron chi connectivity index (χ0n) is 6.01. The molecule has 0 amide bonds. The molecule has 3 heteroatoms. The molecule has 0 aromatic rings. The van der Waals surface area contributed by atoms with Gasteiger partial charge in [0.25, 0.3) is 0 Å². The first-order valence-electron chi connectivity index (χ1n) is 3.54. The van der Waals surface area contributed by atoms with Gasteiger partial charge in [-0.2, -0.15) is 0 Å². The Balaban J connectivity index is 2.23. The quantitative estimate of drug-likeness (QED) is 0.566. The lowest BCUT2D eigenvalue weighted by Crippen LogP contribution is -2.26. The highest BCUT2D eigenvalue weighted by atomic mass is 31.1. The van der Waals surface area contributed by atoms with Crippen LogP contribution in [-0.4, -0.2) is 24.4 Å². The molecule has 0 bridgehead atoms. The molecular weight excluding hydrogens is 131 g/mol. The van der Waals surface area contributed by atoms with Crippen LogP contribution in [0.3, 0.4) is 0 Å². The zero-order valence-corrected chi connectivity index (χ0v) is 6.90. The Morgan fingerprint density at radius 3 is 2.11 bits per heavy atom. The topological polar surface area (TPSA) is 29.3 Å². The smallest absolute Gasteiger partial charge is 0.0305 e. The van der Waals surface area contributed by atoms with E-state index in [1.807, 2.05) is 0 Å². The predicted octanol–water partition coefficient (Wildman–Crippen LogP) is 1.37. The van der Waals surface area contributed by atoms with Crippen molar-refractivity contribution in [3.8, 4) is 0 Å². The van der Waals surface area contributed by atoms with Gasteiger partial charge in [0.15, 0.2) is 0 Å². The number of hydrogen-bond donors (Lipinski definition) is 1. The van der Waals surface area contributed by atoms with Crippen LogP contribution in [0.15, 0.2) is 0 Å². The van der Waals surface area contributed by atoms with Gasteiger partial charge < -0.3 is 0 Å². The molecule has 1 aliphatic rings. The van der Waals surface area contributed by atoms with Crippen molar-refractivity contribution >= 4 is 8.22 Å². The fraction of sp³-hybridized carbons (Fsp3) is 1.00. The second-order valence-electron chi connectivity index (χ2n) is 2.59. The van der Waals surface area contributed by atoms with Crippen molar-refractivity contribution in [2.24, 2.45) is 5.50 Å². The molecule has 0 aromatic carbocycles. The Morgan fingerprint density at radius 1 is 1.22 bits per heavy atom. The van der Waals surface area contributed by atoms with Crippen molar-refractivity contribution in [1.29, 1.82) is 0 Å². The molecule has 1 aliphatic heterocycles. The van der Waals surface area contributed by atoms with E-state index in [4.69, 9.17) is 5.50 Å². The standard InChI is InChI=1S/C6H15N2P/c1-9(7)8-5-3-2-4-6-8/h2-7H2,1H3/t9-/m1/s1. The average Bonchev–Trinajstić information content (AvgIpc) is 1.90. The van der Waals surface area contributed by atoms with Crippen LogP contribution in [0.4, 0.5) is 0 Å². The molecule has 0 saturated carbocycles. The summed E-state index contributed by atoms with van der Waals surface area (Å²) in [6.45, 7) is 4.60. The van der Waals surface area contributed by atoms with Crippen molar-refractivity contribution in [3.05, 3.63) is 0 Å². The summed E-state index contributed by atoms with van der Waals surface area (Å²) in [5, 5.41) is 0. The van der Waals surface area contributed by atoms with Crippen LogP contribution in [0.1, 0.15) is 19.3 Å². The molecule has 1 atom stereocenters. The minimum absolute atomic E-state index is 0.285. The van der Waals surface area contributed by atoms with Crippen LogP contribution in [0.5, 0.6) is 0 Å². The number of nitrogens with two attached hydrogens (primary N) is 1. The van der Waals surface area contributed by atoms with E-state index in [2.05, 4.69) is 11.3 Å². The molecule has 9 heavy (non-hydrogen) atoms. The minimum Gasteiger partial charge on any atom is -0.298 e. The Kier molecular flexibility index (Phi) is 2.90. The summed E-state index contributed by atoms with van der Waals surface area (Å²) in [6, 6.07) is 0. The van der Waals surface area contributed by atoms with Crippen LogP contribution in [0.2, 0.25) is 0 Å². The second kappa shape index (κ2) is 3.50. The normalized spacial score (nSPS) is 26.0. The lowest BCUT2D eigenvalue weighted by Gasteiger charge is -2.29. The van der Waals surface area contributed by atoms with Gasteiger partial charge in [-0.05, 0) is 19.5 Å². The molecule has 1 rings (SSSR count). The summed E-state index contributed by atoms with van der Waals surface area (Å²) in [7, 11) is -0.285. The Hall–Kier alpha value is 0.350. The molecule has 0 spiro atoms. The summed E-state index contributed by atoms with van der Waals surface area (Å²) in [6.07, 6.45) is 4.10. The van der Waals surface area contributed by atoms with E-state index < -0.39 is 0 Å². The van der Waals surface area contributed by atoms with Crippen molar-refractivity contribution in [1.82, 2.24) is 4.67 Å².